The van der Waals surface area contributed by atoms with Gasteiger partial charge in [-0.3, -0.25) is 19.4 Å². The molecule has 0 atom stereocenters. The topological polar surface area (TPSA) is 64.7 Å². The minimum Gasteiger partial charge on any atom is -0.351 e. The predicted octanol–water partition coefficient (Wildman–Crippen LogP) is 1.24. The fraction of sp³-hybridized carbons (Fsp3) is 0.364. The predicted molar refractivity (Wildman–Crippen MR) is 109 cm³/mol. The average Bonchev–Trinajstić information content (AvgIpc) is 2.74. The zero-order valence-electron chi connectivity index (χ0n) is 16.1. The van der Waals surface area contributed by atoms with Crippen LogP contribution in [-0.2, 0) is 22.7 Å². The first-order valence-corrected chi connectivity index (χ1v) is 9.75. The third-order valence-corrected chi connectivity index (χ3v) is 4.86. The van der Waals surface area contributed by atoms with Crippen molar-refractivity contribution in [1.29, 1.82) is 0 Å². The van der Waals surface area contributed by atoms with Crippen molar-refractivity contribution in [2.75, 3.05) is 39.3 Å². The number of benzene rings is 2. The van der Waals surface area contributed by atoms with Crippen LogP contribution in [-0.4, -0.2) is 60.9 Å². The Kier molecular flexibility index (Phi) is 7.58. The molecule has 0 saturated carbocycles. The van der Waals surface area contributed by atoms with Crippen molar-refractivity contribution in [2.45, 2.75) is 13.1 Å². The van der Waals surface area contributed by atoms with Crippen molar-refractivity contribution < 1.29 is 9.59 Å². The lowest BCUT2D eigenvalue weighted by atomic mass is 10.2. The summed E-state index contributed by atoms with van der Waals surface area (Å²) >= 11 is 0. The highest BCUT2D eigenvalue weighted by Crippen LogP contribution is 2.03. The summed E-state index contributed by atoms with van der Waals surface area (Å²) in [5.74, 6) is 0.0795. The highest BCUT2D eigenvalue weighted by atomic mass is 16.2. The highest BCUT2D eigenvalue weighted by Gasteiger charge is 2.20. The number of hydrogen-bond acceptors (Lipinski definition) is 4. The zero-order chi connectivity index (χ0) is 19.6. The van der Waals surface area contributed by atoms with Crippen molar-refractivity contribution >= 4 is 11.8 Å². The molecule has 1 aliphatic rings. The smallest absolute Gasteiger partial charge is 0.234 e. The molecule has 1 heterocycles. The van der Waals surface area contributed by atoms with E-state index in [1.165, 1.54) is 0 Å². The van der Waals surface area contributed by atoms with E-state index in [9.17, 15) is 9.59 Å². The molecular formula is C22H28N4O2. The Balaban J connectivity index is 1.30. The Hall–Kier alpha value is -2.70. The van der Waals surface area contributed by atoms with Crippen molar-refractivity contribution in [2.24, 2.45) is 0 Å². The van der Waals surface area contributed by atoms with Crippen molar-refractivity contribution in [3.05, 3.63) is 71.8 Å². The van der Waals surface area contributed by atoms with Crippen molar-refractivity contribution in [3.8, 4) is 0 Å². The molecular weight excluding hydrogens is 352 g/mol. The van der Waals surface area contributed by atoms with Gasteiger partial charge in [-0.1, -0.05) is 60.7 Å². The highest BCUT2D eigenvalue weighted by molar-refractivity contribution is 5.78. The van der Waals surface area contributed by atoms with Gasteiger partial charge < -0.3 is 10.6 Å². The molecule has 1 fully saturated rings. The molecule has 28 heavy (non-hydrogen) atoms. The quantitative estimate of drug-likeness (QED) is 0.723. The van der Waals surface area contributed by atoms with Gasteiger partial charge in [0.1, 0.15) is 0 Å². The largest absolute Gasteiger partial charge is 0.351 e. The third-order valence-electron chi connectivity index (χ3n) is 4.86. The standard InChI is InChI=1S/C22H28N4O2/c27-21(23-15-19-7-3-1-4-8-19)17-25-11-13-26(14-12-25)18-22(28)24-16-20-9-5-2-6-10-20/h1-10H,11-18H2,(H,23,27)(H,24,28). The van der Waals surface area contributed by atoms with Crippen molar-refractivity contribution in [1.82, 2.24) is 20.4 Å². The Morgan fingerprint density at radius 2 is 1.00 bits per heavy atom. The summed E-state index contributed by atoms with van der Waals surface area (Å²) < 4.78 is 0. The second-order valence-electron chi connectivity index (χ2n) is 7.08. The first-order valence-electron chi connectivity index (χ1n) is 9.75. The molecule has 2 N–H and O–H groups in total. The van der Waals surface area contributed by atoms with Gasteiger partial charge >= 0.3 is 0 Å². The molecule has 0 unspecified atom stereocenters. The van der Waals surface area contributed by atoms with E-state index in [1.807, 2.05) is 60.7 Å². The summed E-state index contributed by atoms with van der Waals surface area (Å²) in [6, 6.07) is 19.8. The van der Waals surface area contributed by atoms with Crippen LogP contribution in [0.2, 0.25) is 0 Å². The van der Waals surface area contributed by atoms with Crippen LogP contribution >= 0.6 is 0 Å². The number of nitrogens with one attached hydrogen (secondary N) is 2. The first-order chi connectivity index (χ1) is 13.7. The molecule has 6 nitrogen and oxygen atoms in total. The van der Waals surface area contributed by atoms with Gasteiger partial charge in [0.2, 0.25) is 11.8 Å². The molecule has 0 aromatic heterocycles. The van der Waals surface area contributed by atoms with Gasteiger partial charge in [0.05, 0.1) is 13.1 Å². The third kappa shape index (κ3) is 6.79. The summed E-state index contributed by atoms with van der Waals surface area (Å²) in [6.45, 7) is 5.11. The van der Waals surface area contributed by atoms with Gasteiger partial charge in [-0.05, 0) is 11.1 Å². The summed E-state index contributed by atoms with van der Waals surface area (Å²) in [5, 5.41) is 5.93. The van der Waals surface area contributed by atoms with Crippen LogP contribution in [0.5, 0.6) is 0 Å². The van der Waals surface area contributed by atoms with E-state index in [-0.39, 0.29) is 11.8 Å². The minimum absolute atomic E-state index is 0.0397. The molecule has 1 aliphatic heterocycles. The van der Waals surface area contributed by atoms with Gasteiger partial charge in [-0.25, -0.2) is 0 Å². The van der Waals surface area contributed by atoms with E-state index in [2.05, 4.69) is 20.4 Å². The zero-order valence-corrected chi connectivity index (χ0v) is 16.1. The molecule has 0 bridgehead atoms. The SMILES string of the molecule is O=C(CN1CCN(CC(=O)NCc2ccccc2)CC1)NCc1ccccc1. The van der Waals surface area contributed by atoms with Gasteiger partial charge in [0.25, 0.3) is 0 Å². The molecule has 0 aliphatic carbocycles. The van der Waals surface area contributed by atoms with E-state index in [0.29, 0.717) is 26.2 Å². The Bertz CT molecular complexity index is 678. The van der Waals surface area contributed by atoms with E-state index >= 15 is 0 Å². The summed E-state index contributed by atoms with van der Waals surface area (Å²) in [5.41, 5.74) is 2.20. The maximum absolute atomic E-state index is 12.1. The van der Waals surface area contributed by atoms with Gasteiger partial charge in [0, 0.05) is 39.3 Å². The summed E-state index contributed by atoms with van der Waals surface area (Å²) in [6.07, 6.45) is 0. The fourth-order valence-corrected chi connectivity index (χ4v) is 3.22. The van der Waals surface area contributed by atoms with E-state index in [4.69, 9.17) is 0 Å². The van der Waals surface area contributed by atoms with Crippen LogP contribution in [0.3, 0.4) is 0 Å². The number of piperazine rings is 1. The Labute approximate surface area is 166 Å². The number of nitrogens with zero attached hydrogens (tertiary/aromatic N) is 2. The molecule has 2 amide bonds. The van der Waals surface area contributed by atoms with Crippen LogP contribution in [0.1, 0.15) is 11.1 Å². The maximum atomic E-state index is 12.1. The molecule has 0 radical (unpaired) electrons. The minimum atomic E-state index is 0.0397. The van der Waals surface area contributed by atoms with Crippen molar-refractivity contribution in [3.63, 3.8) is 0 Å². The van der Waals surface area contributed by atoms with Crippen LogP contribution in [0.15, 0.2) is 60.7 Å². The lowest BCUT2D eigenvalue weighted by Crippen LogP contribution is -2.51. The molecule has 2 aromatic carbocycles. The van der Waals surface area contributed by atoms with Gasteiger partial charge in [-0.2, -0.15) is 0 Å². The number of amides is 2. The fourth-order valence-electron chi connectivity index (χ4n) is 3.22. The van der Waals surface area contributed by atoms with E-state index in [0.717, 1.165) is 37.3 Å². The maximum Gasteiger partial charge on any atom is 0.234 e. The lowest BCUT2D eigenvalue weighted by Gasteiger charge is -2.33. The van der Waals surface area contributed by atoms with Crippen LogP contribution in [0, 0.1) is 0 Å². The van der Waals surface area contributed by atoms with Gasteiger partial charge in [0.15, 0.2) is 0 Å². The van der Waals surface area contributed by atoms with Crippen LogP contribution < -0.4 is 10.6 Å². The molecule has 1 saturated heterocycles. The Morgan fingerprint density at radius 3 is 1.36 bits per heavy atom. The summed E-state index contributed by atoms with van der Waals surface area (Å²) in [7, 11) is 0. The van der Waals surface area contributed by atoms with Crippen LogP contribution in [0.25, 0.3) is 0 Å². The lowest BCUT2D eigenvalue weighted by molar-refractivity contribution is -0.125. The number of rotatable bonds is 8. The van der Waals surface area contributed by atoms with Gasteiger partial charge in [-0.15, -0.1) is 0 Å². The number of carbonyl (C=O) groups is 2. The molecule has 0 spiro atoms. The first kappa shape index (κ1) is 20.0. The normalized spacial score (nSPS) is 15.1. The molecule has 6 heteroatoms. The average molecular weight is 380 g/mol. The number of hydrogen-bond donors (Lipinski definition) is 2. The number of carbonyl (C=O) groups excluding carboxylic acids is 2. The monoisotopic (exact) mass is 380 g/mol. The van der Waals surface area contributed by atoms with Crippen LogP contribution in [0.4, 0.5) is 0 Å². The van der Waals surface area contributed by atoms with E-state index in [1.54, 1.807) is 0 Å². The molecule has 2 aromatic rings. The molecule has 148 valence electrons. The second-order valence-corrected chi connectivity index (χ2v) is 7.08. The second kappa shape index (κ2) is 10.6. The Morgan fingerprint density at radius 1 is 0.643 bits per heavy atom. The summed E-state index contributed by atoms with van der Waals surface area (Å²) in [4.78, 5) is 28.5. The molecule has 3 rings (SSSR count). The van der Waals surface area contributed by atoms with E-state index < -0.39 is 0 Å².